The lowest BCUT2D eigenvalue weighted by Crippen LogP contribution is -2.60. The number of hydrogen-bond acceptors (Lipinski definition) is 5. The zero-order valence-corrected chi connectivity index (χ0v) is 25.4. The molecule has 4 aromatic rings. The smallest absolute Gasteiger partial charge is 0.317 e. The average molecular weight is 629 g/mol. The molecule has 2 N–H and O–H groups in total. The molecule has 0 saturated carbocycles. The van der Waals surface area contributed by atoms with E-state index in [1.807, 2.05) is 30.4 Å². The number of hydrogen-bond donors (Lipinski definition) is 2. The number of aromatic nitrogens is 2. The topological polar surface area (TPSA) is 90.7 Å². The number of fused-ring (bicyclic) bond motifs is 2. The molecule has 6 rings (SSSR count). The fourth-order valence-electron chi connectivity index (χ4n) is 6.46. The molecule has 4 heterocycles. The number of urea groups is 1. The summed E-state index contributed by atoms with van der Waals surface area (Å²) in [7, 11) is 0. The second-order valence-corrected chi connectivity index (χ2v) is 12.2. The molecular weight excluding hydrogens is 598 g/mol. The molecule has 10 heteroatoms. The lowest BCUT2D eigenvalue weighted by atomic mass is 9.74. The van der Waals surface area contributed by atoms with Crippen LogP contribution in [0, 0.1) is 17.3 Å². The quantitative estimate of drug-likeness (QED) is 0.177. The van der Waals surface area contributed by atoms with Crippen LogP contribution in [-0.4, -0.2) is 42.2 Å². The molecule has 1 fully saturated rings. The minimum absolute atomic E-state index is 0.0621. The predicted octanol–water partition coefficient (Wildman–Crippen LogP) is 7.03. The van der Waals surface area contributed by atoms with Crippen LogP contribution in [0.15, 0.2) is 79.1 Å². The molecule has 2 aliphatic heterocycles. The van der Waals surface area contributed by atoms with Gasteiger partial charge < -0.3 is 10.6 Å². The Hall–Kier alpha value is -4.13. The molecule has 222 valence electrons. The molecule has 0 radical (unpaired) electrons. The van der Waals surface area contributed by atoms with Crippen molar-refractivity contribution in [3.8, 4) is 17.2 Å². The van der Waals surface area contributed by atoms with Crippen molar-refractivity contribution in [3.63, 3.8) is 0 Å². The van der Waals surface area contributed by atoms with E-state index in [4.69, 9.17) is 23.2 Å². The van der Waals surface area contributed by atoms with E-state index in [-0.39, 0.29) is 22.5 Å². The third-order valence-electron chi connectivity index (χ3n) is 8.67. The number of nitrogens with zero attached hydrogens (tertiary/aromatic N) is 4. The van der Waals surface area contributed by atoms with Crippen molar-refractivity contribution in [2.24, 2.45) is 0 Å². The molecule has 1 unspecified atom stereocenters. The number of nitriles is 1. The van der Waals surface area contributed by atoms with Gasteiger partial charge in [-0.3, -0.25) is 0 Å². The van der Waals surface area contributed by atoms with Gasteiger partial charge >= 0.3 is 6.03 Å². The summed E-state index contributed by atoms with van der Waals surface area (Å²) in [6.07, 6.45) is 8.84. The van der Waals surface area contributed by atoms with Gasteiger partial charge in [0.1, 0.15) is 30.5 Å². The predicted molar refractivity (Wildman–Crippen MR) is 172 cm³/mol. The maximum atomic E-state index is 14.4. The van der Waals surface area contributed by atoms with Crippen LogP contribution in [0.25, 0.3) is 17.2 Å². The Kier molecular flexibility index (Phi) is 8.48. The van der Waals surface area contributed by atoms with Crippen LogP contribution in [0.2, 0.25) is 10.0 Å². The lowest BCUT2D eigenvalue weighted by Gasteiger charge is -2.36. The van der Waals surface area contributed by atoms with Crippen molar-refractivity contribution < 1.29 is 9.18 Å². The highest BCUT2D eigenvalue weighted by Gasteiger charge is 2.57. The number of piperidine rings is 1. The molecule has 0 bridgehead atoms. The van der Waals surface area contributed by atoms with E-state index in [2.05, 4.69) is 38.8 Å². The largest absolute Gasteiger partial charge is 0.422 e. The van der Waals surface area contributed by atoms with Crippen LogP contribution in [0.1, 0.15) is 35.2 Å². The third kappa shape index (κ3) is 5.84. The van der Waals surface area contributed by atoms with Gasteiger partial charge in [-0.25, -0.2) is 19.2 Å². The van der Waals surface area contributed by atoms with Gasteiger partial charge in [0, 0.05) is 36.1 Å². The first-order valence-corrected chi connectivity index (χ1v) is 15.2. The Balaban J connectivity index is 1.42. The van der Waals surface area contributed by atoms with Crippen LogP contribution in [-0.2, 0) is 12.0 Å². The summed E-state index contributed by atoms with van der Waals surface area (Å²) >= 11 is 12.4. The minimum atomic E-state index is -0.588. The lowest BCUT2D eigenvalue weighted by molar-refractivity contribution is 0.189. The second-order valence-electron chi connectivity index (χ2n) is 11.3. The highest BCUT2D eigenvalue weighted by Crippen LogP contribution is 2.51. The molecule has 1 spiro atoms. The summed E-state index contributed by atoms with van der Waals surface area (Å²) in [5.74, 6) is -0.588. The number of carbonyl (C=O) groups is 1. The first-order chi connectivity index (χ1) is 21.3. The summed E-state index contributed by atoms with van der Waals surface area (Å²) in [5, 5.41) is 16.7. The molecule has 0 aliphatic carbocycles. The molecule has 2 aromatic carbocycles. The Bertz CT molecular complexity index is 1780. The van der Waals surface area contributed by atoms with Crippen molar-refractivity contribution in [1.29, 1.82) is 5.26 Å². The highest BCUT2D eigenvalue weighted by molar-refractivity contribution is 6.42. The molecule has 7 nitrogen and oxygen atoms in total. The average Bonchev–Trinajstić information content (AvgIpc) is 3.31. The van der Waals surface area contributed by atoms with Gasteiger partial charge in [0.2, 0.25) is 5.95 Å². The van der Waals surface area contributed by atoms with Gasteiger partial charge in [-0.1, -0.05) is 35.3 Å². The van der Waals surface area contributed by atoms with Crippen LogP contribution in [0.4, 0.5) is 14.9 Å². The number of amides is 2. The van der Waals surface area contributed by atoms with Crippen molar-refractivity contribution >= 4 is 41.0 Å². The van der Waals surface area contributed by atoms with Crippen molar-refractivity contribution in [2.75, 3.05) is 26.2 Å². The highest BCUT2D eigenvalue weighted by atomic mass is 35.5. The van der Waals surface area contributed by atoms with Crippen molar-refractivity contribution in [2.45, 2.75) is 24.8 Å². The molecular formula is C34H30Cl2FN6O+. The van der Waals surface area contributed by atoms with Crippen LogP contribution in [0.5, 0.6) is 0 Å². The van der Waals surface area contributed by atoms with Gasteiger partial charge in [-0.05, 0) is 97.2 Å². The molecule has 1 saturated heterocycles. The normalized spacial score (nSPS) is 18.7. The maximum Gasteiger partial charge on any atom is 0.422 e. The fraction of sp³-hybridized carbons (Fsp3) is 0.235. The summed E-state index contributed by atoms with van der Waals surface area (Å²) in [6.45, 7) is 2.85. The zero-order chi connectivity index (χ0) is 30.7. The number of rotatable bonds is 6. The van der Waals surface area contributed by atoms with E-state index >= 15 is 0 Å². The van der Waals surface area contributed by atoms with Crippen LogP contribution < -0.4 is 15.1 Å². The molecule has 44 heavy (non-hydrogen) atoms. The van der Waals surface area contributed by atoms with E-state index in [1.54, 1.807) is 30.5 Å². The summed E-state index contributed by atoms with van der Waals surface area (Å²) in [6, 6.07) is 20.3. The van der Waals surface area contributed by atoms with E-state index < -0.39 is 5.95 Å². The third-order valence-corrected chi connectivity index (χ3v) is 9.41. The monoisotopic (exact) mass is 627 g/mol. The van der Waals surface area contributed by atoms with Gasteiger partial charge in [-0.15, -0.1) is 0 Å². The Morgan fingerprint density at radius 1 is 1.05 bits per heavy atom. The van der Waals surface area contributed by atoms with E-state index in [0.717, 1.165) is 53.9 Å². The molecule has 2 aliphatic rings. The number of nitrogens with one attached hydrogen (secondary N) is 2. The molecule has 2 aromatic heterocycles. The summed E-state index contributed by atoms with van der Waals surface area (Å²) in [4.78, 5) is 22.3. The zero-order valence-electron chi connectivity index (χ0n) is 23.9. The van der Waals surface area contributed by atoms with E-state index in [0.29, 0.717) is 34.4 Å². The number of pyridine rings is 2. The maximum absolute atomic E-state index is 14.4. The van der Waals surface area contributed by atoms with E-state index in [1.165, 1.54) is 12.3 Å². The first kappa shape index (κ1) is 29.9. The molecule has 2 amide bonds. The number of quaternary nitrogens is 1. The van der Waals surface area contributed by atoms with E-state index in [9.17, 15) is 14.4 Å². The van der Waals surface area contributed by atoms with Crippen molar-refractivity contribution in [3.05, 3.63) is 118 Å². The van der Waals surface area contributed by atoms with Gasteiger partial charge in [-0.2, -0.15) is 9.65 Å². The van der Waals surface area contributed by atoms with Gasteiger partial charge in [0.05, 0.1) is 15.5 Å². The second kappa shape index (κ2) is 12.5. The van der Waals surface area contributed by atoms with Gasteiger partial charge in [0.25, 0.3) is 0 Å². The summed E-state index contributed by atoms with van der Waals surface area (Å²) in [5.41, 5.74) is 5.62. The fourth-order valence-corrected chi connectivity index (χ4v) is 6.76. The number of carbonyl (C=O) groups excluding carboxylic acids is 1. The standard InChI is InChI=1S/C34H29Cl2FN6O/c35-29-7-3-23(16-30(29)36)2-1-15-43(33(44)42-20-24-9-12-40-32(37)17-24)22-34(10-13-39-14-11-34)28-18-25(5-8-31(28)43)26-4-6-27(19-38)41-21-26/h1-9,12,16-18,21,39H,10-11,13-15,20,22H2/p+1/b2-1+. The Morgan fingerprint density at radius 2 is 1.86 bits per heavy atom. The SMILES string of the molecule is N#Cc1ccc(-c2ccc3c(c2)C2(CCNCC2)C[N+]3(C/C=C/c2ccc(Cl)c(Cl)c2)C(=O)NCc2ccnc(F)c2)cn1. The Morgan fingerprint density at radius 3 is 2.59 bits per heavy atom. The number of benzene rings is 2. The number of halogens is 3. The summed E-state index contributed by atoms with van der Waals surface area (Å²) < 4.78 is 13.9. The Labute approximate surface area is 265 Å². The first-order valence-electron chi connectivity index (χ1n) is 14.4. The van der Waals surface area contributed by atoms with Gasteiger partial charge in [0.15, 0.2) is 0 Å². The van der Waals surface area contributed by atoms with Crippen molar-refractivity contribution in [1.82, 2.24) is 25.1 Å². The molecule has 1 atom stereocenters. The van der Waals surface area contributed by atoms with Crippen LogP contribution >= 0.6 is 23.2 Å². The minimum Gasteiger partial charge on any atom is -0.317 e. The van der Waals surface area contributed by atoms with Crippen LogP contribution in [0.3, 0.4) is 0 Å².